The molecule has 2 rings (SSSR count). The first-order valence-corrected chi connectivity index (χ1v) is 6.64. The van der Waals surface area contributed by atoms with E-state index in [4.69, 9.17) is 0 Å². The highest BCUT2D eigenvalue weighted by molar-refractivity contribution is 5.19. The molecule has 1 unspecified atom stereocenters. The van der Waals surface area contributed by atoms with Crippen LogP contribution in [0, 0.1) is 18.6 Å². The molecule has 0 fully saturated rings. The van der Waals surface area contributed by atoms with Gasteiger partial charge in [-0.1, -0.05) is 0 Å². The predicted octanol–water partition coefficient (Wildman–Crippen LogP) is 2.64. The molecule has 2 aromatic rings. The van der Waals surface area contributed by atoms with Crippen LogP contribution in [-0.4, -0.2) is 21.0 Å². The third-order valence-electron chi connectivity index (χ3n) is 3.12. The molecule has 0 radical (unpaired) electrons. The van der Waals surface area contributed by atoms with E-state index < -0.39 is 17.7 Å². The van der Waals surface area contributed by atoms with Crippen molar-refractivity contribution < 1.29 is 13.9 Å². The van der Waals surface area contributed by atoms with Crippen LogP contribution in [-0.2, 0) is 19.4 Å². The molecule has 20 heavy (non-hydrogen) atoms. The maximum Gasteiger partial charge on any atom is 0.126 e. The second-order valence-corrected chi connectivity index (χ2v) is 4.93. The lowest BCUT2D eigenvalue weighted by Gasteiger charge is -2.12. The number of aliphatic hydroxyl groups excluding tert-OH is 1. The summed E-state index contributed by atoms with van der Waals surface area (Å²) in [6.07, 6.45) is -0.0762. The number of halogens is 2. The molecule has 1 N–H and O–H groups in total. The number of hydrogen-bond acceptors (Lipinski definition) is 2. The van der Waals surface area contributed by atoms with Gasteiger partial charge in [-0.25, -0.2) is 8.78 Å². The molecule has 1 heterocycles. The Hall–Kier alpha value is -1.75. The second kappa shape index (κ2) is 6.13. The van der Waals surface area contributed by atoms with Crippen LogP contribution in [0.4, 0.5) is 8.78 Å². The molecule has 108 valence electrons. The Bertz CT molecular complexity index is 575. The number of aliphatic hydroxyl groups is 1. The molecular formula is C15H18F2N2O. The lowest BCUT2D eigenvalue weighted by molar-refractivity contribution is 0.172. The molecule has 0 saturated heterocycles. The van der Waals surface area contributed by atoms with Gasteiger partial charge < -0.3 is 5.11 Å². The van der Waals surface area contributed by atoms with Crippen molar-refractivity contribution in [2.45, 2.75) is 39.3 Å². The number of nitrogens with zero attached hydrogens (tertiary/aromatic N) is 2. The van der Waals surface area contributed by atoms with Gasteiger partial charge in [-0.3, -0.25) is 4.68 Å². The molecule has 5 heteroatoms. The van der Waals surface area contributed by atoms with Gasteiger partial charge in [-0.05, 0) is 44.0 Å². The first-order valence-electron chi connectivity index (χ1n) is 6.64. The number of hydrogen-bond donors (Lipinski definition) is 1. The van der Waals surface area contributed by atoms with Gasteiger partial charge in [-0.2, -0.15) is 5.10 Å². The highest BCUT2D eigenvalue weighted by atomic mass is 19.1. The Morgan fingerprint density at radius 2 is 1.80 bits per heavy atom. The fraction of sp³-hybridized carbons (Fsp3) is 0.400. The maximum atomic E-state index is 13.1. The zero-order chi connectivity index (χ0) is 14.7. The number of benzene rings is 1. The van der Waals surface area contributed by atoms with Crippen LogP contribution in [0.25, 0.3) is 0 Å². The molecule has 1 aromatic carbocycles. The van der Waals surface area contributed by atoms with Crippen molar-refractivity contribution in [2.75, 3.05) is 0 Å². The minimum Gasteiger partial charge on any atom is -0.392 e. The van der Waals surface area contributed by atoms with Gasteiger partial charge in [0, 0.05) is 24.7 Å². The van der Waals surface area contributed by atoms with E-state index in [1.165, 1.54) is 12.1 Å². The fourth-order valence-electron chi connectivity index (χ4n) is 2.35. The maximum absolute atomic E-state index is 13.1. The third kappa shape index (κ3) is 3.63. The van der Waals surface area contributed by atoms with Crippen LogP contribution in [0.3, 0.4) is 0 Å². The van der Waals surface area contributed by atoms with Crippen molar-refractivity contribution >= 4 is 0 Å². The van der Waals surface area contributed by atoms with E-state index in [2.05, 4.69) is 5.10 Å². The standard InChI is InChI=1S/C15H18F2N2O/c1-3-19-14(4-10(2)18-19)9-15(20)7-11-5-12(16)8-13(17)6-11/h4-6,8,15,20H,3,7,9H2,1-2H3. The average molecular weight is 280 g/mol. The average Bonchev–Trinajstić information content (AvgIpc) is 2.67. The van der Waals surface area contributed by atoms with E-state index in [-0.39, 0.29) is 6.42 Å². The van der Waals surface area contributed by atoms with Gasteiger partial charge in [0.15, 0.2) is 0 Å². The van der Waals surface area contributed by atoms with Gasteiger partial charge in [0.25, 0.3) is 0 Å². The second-order valence-electron chi connectivity index (χ2n) is 4.93. The van der Waals surface area contributed by atoms with Crippen LogP contribution in [0.1, 0.15) is 23.9 Å². The van der Waals surface area contributed by atoms with E-state index in [0.717, 1.165) is 24.0 Å². The van der Waals surface area contributed by atoms with E-state index in [1.54, 1.807) is 0 Å². The molecule has 0 aliphatic rings. The van der Waals surface area contributed by atoms with E-state index >= 15 is 0 Å². The Morgan fingerprint density at radius 3 is 2.40 bits per heavy atom. The minimum absolute atomic E-state index is 0.211. The number of aryl methyl sites for hydroxylation is 2. The summed E-state index contributed by atoms with van der Waals surface area (Å²) in [6.45, 7) is 4.60. The Balaban J connectivity index is 2.06. The highest BCUT2D eigenvalue weighted by Crippen LogP contribution is 2.13. The molecule has 0 bridgehead atoms. The zero-order valence-electron chi connectivity index (χ0n) is 11.6. The van der Waals surface area contributed by atoms with Crippen molar-refractivity contribution in [2.24, 2.45) is 0 Å². The van der Waals surface area contributed by atoms with E-state index in [0.29, 0.717) is 12.0 Å². The van der Waals surface area contributed by atoms with E-state index in [1.807, 2.05) is 24.6 Å². The monoisotopic (exact) mass is 280 g/mol. The summed E-state index contributed by atoms with van der Waals surface area (Å²) in [5.41, 5.74) is 2.27. The highest BCUT2D eigenvalue weighted by Gasteiger charge is 2.12. The summed E-state index contributed by atoms with van der Waals surface area (Å²) >= 11 is 0. The van der Waals surface area contributed by atoms with Crippen molar-refractivity contribution in [1.82, 2.24) is 9.78 Å². The Labute approximate surface area is 116 Å². The largest absolute Gasteiger partial charge is 0.392 e. The van der Waals surface area contributed by atoms with Crippen molar-refractivity contribution in [3.63, 3.8) is 0 Å². The van der Waals surface area contributed by atoms with Gasteiger partial charge >= 0.3 is 0 Å². The van der Waals surface area contributed by atoms with Crippen LogP contribution in [0.2, 0.25) is 0 Å². The lowest BCUT2D eigenvalue weighted by atomic mass is 10.0. The normalized spacial score (nSPS) is 12.7. The summed E-state index contributed by atoms with van der Waals surface area (Å²) in [6, 6.07) is 5.23. The van der Waals surface area contributed by atoms with Gasteiger partial charge in [-0.15, -0.1) is 0 Å². The molecule has 0 amide bonds. The molecule has 0 aliphatic heterocycles. The van der Waals surface area contributed by atoms with Gasteiger partial charge in [0.1, 0.15) is 11.6 Å². The third-order valence-corrected chi connectivity index (χ3v) is 3.12. The smallest absolute Gasteiger partial charge is 0.126 e. The lowest BCUT2D eigenvalue weighted by Crippen LogP contribution is -2.17. The molecule has 1 atom stereocenters. The predicted molar refractivity (Wildman–Crippen MR) is 72.4 cm³/mol. The fourth-order valence-corrected chi connectivity index (χ4v) is 2.35. The summed E-state index contributed by atoms with van der Waals surface area (Å²) in [4.78, 5) is 0. The van der Waals surface area contributed by atoms with Crippen LogP contribution >= 0.6 is 0 Å². The summed E-state index contributed by atoms with van der Waals surface area (Å²) in [5.74, 6) is -1.25. The zero-order valence-corrected chi connectivity index (χ0v) is 11.6. The number of aromatic nitrogens is 2. The summed E-state index contributed by atoms with van der Waals surface area (Å²) in [5, 5.41) is 14.4. The topological polar surface area (TPSA) is 38.0 Å². The van der Waals surface area contributed by atoms with Crippen molar-refractivity contribution in [3.8, 4) is 0 Å². The van der Waals surface area contributed by atoms with Crippen molar-refractivity contribution in [1.29, 1.82) is 0 Å². The quantitative estimate of drug-likeness (QED) is 0.914. The summed E-state index contributed by atoms with van der Waals surface area (Å²) < 4.78 is 28.0. The minimum atomic E-state index is -0.697. The molecule has 0 aliphatic carbocycles. The van der Waals surface area contributed by atoms with Crippen LogP contribution in [0.15, 0.2) is 24.3 Å². The molecule has 3 nitrogen and oxygen atoms in total. The molecule has 0 spiro atoms. The Kier molecular flexibility index (Phi) is 4.49. The molecule has 0 saturated carbocycles. The van der Waals surface area contributed by atoms with Gasteiger partial charge in [0.2, 0.25) is 0 Å². The molecular weight excluding hydrogens is 262 g/mol. The molecule has 1 aromatic heterocycles. The van der Waals surface area contributed by atoms with Gasteiger partial charge in [0.05, 0.1) is 11.8 Å². The Morgan fingerprint density at radius 1 is 1.15 bits per heavy atom. The number of rotatable bonds is 5. The summed E-state index contributed by atoms with van der Waals surface area (Å²) in [7, 11) is 0. The van der Waals surface area contributed by atoms with Crippen molar-refractivity contribution in [3.05, 3.63) is 52.9 Å². The van der Waals surface area contributed by atoms with E-state index in [9.17, 15) is 13.9 Å². The SMILES string of the molecule is CCn1nc(C)cc1CC(O)Cc1cc(F)cc(F)c1. The van der Waals surface area contributed by atoms with Crippen LogP contribution in [0.5, 0.6) is 0 Å². The first-order chi connectivity index (χ1) is 9.47. The van der Waals surface area contributed by atoms with Crippen LogP contribution < -0.4 is 0 Å². The first kappa shape index (κ1) is 14.7.